The third-order valence-corrected chi connectivity index (χ3v) is 2.48. The zero-order valence-electron chi connectivity index (χ0n) is 9.15. The summed E-state index contributed by atoms with van der Waals surface area (Å²) < 4.78 is 0. The molecule has 0 bridgehead atoms. The van der Waals surface area contributed by atoms with Crippen molar-refractivity contribution in [2.45, 2.75) is 19.6 Å². The highest BCUT2D eigenvalue weighted by molar-refractivity contribution is 6.83. The van der Waals surface area contributed by atoms with Crippen molar-refractivity contribution in [2.24, 2.45) is 5.11 Å². The summed E-state index contributed by atoms with van der Waals surface area (Å²) in [6.45, 7) is 6.61. The van der Waals surface area contributed by atoms with Gasteiger partial charge in [0, 0.05) is 16.2 Å². The van der Waals surface area contributed by atoms with E-state index in [2.05, 4.69) is 41.1 Å². The highest BCUT2D eigenvalue weighted by atomic mass is 28.3. The summed E-state index contributed by atoms with van der Waals surface area (Å²) in [4.78, 5) is 2.72. The Morgan fingerprint density at radius 3 is 2.27 bits per heavy atom. The van der Waals surface area contributed by atoms with Crippen LogP contribution in [-0.4, -0.2) is 8.07 Å². The Morgan fingerprint density at radius 2 is 1.80 bits per heavy atom. The number of nitrogens with zero attached hydrogens (tertiary/aromatic N) is 3. The Balaban J connectivity index is 2.89. The third-order valence-electron chi connectivity index (χ3n) is 1.61. The first-order chi connectivity index (χ1) is 7.01. The highest BCUT2D eigenvalue weighted by Gasteiger charge is 2.07. The minimum atomic E-state index is -1.31. The van der Waals surface area contributed by atoms with E-state index in [1.165, 1.54) is 0 Å². The monoisotopic (exact) mass is 215 g/mol. The molecule has 1 aromatic carbocycles. The molecule has 0 N–H and O–H groups in total. The van der Waals surface area contributed by atoms with Crippen molar-refractivity contribution < 1.29 is 0 Å². The van der Waals surface area contributed by atoms with Crippen LogP contribution in [0.4, 0.5) is 5.69 Å². The Morgan fingerprint density at radius 1 is 1.20 bits per heavy atom. The molecule has 0 aliphatic carbocycles. The largest absolute Gasteiger partial charge is 0.129 e. The molecule has 4 heteroatoms. The average molecular weight is 215 g/mol. The van der Waals surface area contributed by atoms with Crippen LogP contribution in [0.5, 0.6) is 0 Å². The van der Waals surface area contributed by atoms with Gasteiger partial charge in [0.2, 0.25) is 0 Å². The van der Waals surface area contributed by atoms with Crippen LogP contribution in [0.3, 0.4) is 0 Å². The topological polar surface area (TPSA) is 48.8 Å². The fourth-order valence-electron chi connectivity index (χ4n) is 0.923. The van der Waals surface area contributed by atoms with Gasteiger partial charge in [-0.2, -0.15) is 0 Å². The molecule has 76 valence electrons. The van der Waals surface area contributed by atoms with E-state index in [0.29, 0.717) is 5.69 Å². The smallest absolute Gasteiger partial charge is 0.127 e. The summed E-state index contributed by atoms with van der Waals surface area (Å²) in [5.41, 5.74) is 13.1. The van der Waals surface area contributed by atoms with Crippen LogP contribution in [0.2, 0.25) is 19.6 Å². The van der Waals surface area contributed by atoms with Gasteiger partial charge in [-0.05, 0) is 17.7 Å². The first-order valence-electron chi connectivity index (χ1n) is 4.69. The van der Waals surface area contributed by atoms with E-state index in [1.807, 2.05) is 12.1 Å². The molecule has 0 aliphatic heterocycles. The summed E-state index contributed by atoms with van der Waals surface area (Å²) in [6.07, 6.45) is 0. The zero-order chi connectivity index (χ0) is 11.3. The minimum absolute atomic E-state index is 0.621. The summed E-state index contributed by atoms with van der Waals surface area (Å²) in [7, 11) is -1.31. The van der Waals surface area contributed by atoms with Gasteiger partial charge in [0.05, 0.1) is 0 Å². The highest BCUT2D eigenvalue weighted by Crippen LogP contribution is 2.12. The van der Waals surface area contributed by atoms with Gasteiger partial charge in [0.15, 0.2) is 0 Å². The fraction of sp³-hybridized carbons (Fsp3) is 0.273. The molecule has 0 saturated carbocycles. The molecule has 0 atom stereocenters. The Kier molecular flexibility index (Phi) is 3.56. The van der Waals surface area contributed by atoms with Crippen LogP contribution in [0.1, 0.15) is 5.56 Å². The van der Waals surface area contributed by atoms with Gasteiger partial charge in [-0.1, -0.05) is 42.8 Å². The predicted molar refractivity (Wildman–Crippen MR) is 65.5 cm³/mol. The van der Waals surface area contributed by atoms with Crippen LogP contribution in [-0.2, 0) is 0 Å². The van der Waals surface area contributed by atoms with Crippen LogP contribution in [0, 0.1) is 11.5 Å². The Hall–Kier alpha value is -1.69. The molecule has 0 fully saturated rings. The molecule has 0 amide bonds. The second-order valence-electron chi connectivity index (χ2n) is 4.24. The molecule has 0 aromatic heterocycles. The molecule has 3 nitrogen and oxygen atoms in total. The van der Waals surface area contributed by atoms with E-state index in [-0.39, 0.29) is 0 Å². The van der Waals surface area contributed by atoms with Gasteiger partial charge < -0.3 is 0 Å². The van der Waals surface area contributed by atoms with E-state index in [0.717, 1.165) is 5.56 Å². The number of hydrogen-bond acceptors (Lipinski definition) is 1. The van der Waals surface area contributed by atoms with Crippen molar-refractivity contribution in [2.75, 3.05) is 0 Å². The molecule has 0 heterocycles. The normalized spacial score (nSPS) is 9.80. The maximum Gasteiger partial charge on any atom is 0.129 e. The molecule has 15 heavy (non-hydrogen) atoms. The zero-order valence-corrected chi connectivity index (χ0v) is 10.2. The summed E-state index contributed by atoms with van der Waals surface area (Å²) >= 11 is 0. The van der Waals surface area contributed by atoms with Crippen LogP contribution < -0.4 is 0 Å². The van der Waals surface area contributed by atoms with E-state index in [9.17, 15) is 0 Å². The van der Waals surface area contributed by atoms with E-state index in [1.54, 1.807) is 12.1 Å². The SMILES string of the molecule is C[Si](C)(C)C#Cc1ccc(N=[N+]=[N-])cc1. The van der Waals surface area contributed by atoms with Crippen molar-refractivity contribution in [1.29, 1.82) is 0 Å². The lowest BCUT2D eigenvalue weighted by atomic mass is 10.2. The van der Waals surface area contributed by atoms with Gasteiger partial charge in [0.25, 0.3) is 0 Å². The fourth-order valence-corrected chi connectivity index (χ4v) is 1.44. The van der Waals surface area contributed by atoms with Gasteiger partial charge in [-0.25, -0.2) is 0 Å². The van der Waals surface area contributed by atoms with Crippen molar-refractivity contribution in [3.63, 3.8) is 0 Å². The molecular weight excluding hydrogens is 202 g/mol. The van der Waals surface area contributed by atoms with Gasteiger partial charge in [-0.15, -0.1) is 5.54 Å². The molecule has 1 aromatic rings. The Labute approximate surface area is 90.8 Å². The molecule has 1 rings (SSSR count). The first-order valence-corrected chi connectivity index (χ1v) is 8.19. The summed E-state index contributed by atoms with van der Waals surface area (Å²) in [5, 5.41) is 3.50. The third kappa shape index (κ3) is 4.36. The van der Waals surface area contributed by atoms with E-state index >= 15 is 0 Å². The lowest BCUT2D eigenvalue weighted by Crippen LogP contribution is -2.16. The molecule has 0 saturated heterocycles. The number of benzene rings is 1. The predicted octanol–water partition coefficient (Wildman–Crippen LogP) is 3.86. The van der Waals surface area contributed by atoms with Crippen LogP contribution >= 0.6 is 0 Å². The summed E-state index contributed by atoms with van der Waals surface area (Å²) in [5.74, 6) is 3.13. The van der Waals surface area contributed by atoms with Crippen molar-refractivity contribution in [3.05, 3.63) is 40.3 Å². The number of hydrogen-bond donors (Lipinski definition) is 0. The van der Waals surface area contributed by atoms with Gasteiger partial charge >= 0.3 is 0 Å². The Bertz CT molecular complexity index is 439. The molecular formula is C11H13N3Si. The van der Waals surface area contributed by atoms with E-state index in [4.69, 9.17) is 5.53 Å². The molecule has 0 aliphatic rings. The van der Waals surface area contributed by atoms with Gasteiger partial charge in [-0.3, -0.25) is 0 Å². The second-order valence-corrected chi connectivity index (χ2v) is 8.99. The maximum absolute atomic E-state index is 8.23. The molecule has 0 unspecified atom stereocenters. The van der Waals surface area contributed by atoms with Crippen molar-refractivity contribution >= 4 is 13.8 Å². The first kappa shape index (κ1) is 11.4. The molecule has 0 spiro atoms. The maximum atomic E-state index is 8.23. The number of azide groups is 1. The van der Waals surface area contributed by atoms with Crippen LogP contribution in [0.25, 0.3) is 10.4 Å². The van der Waals surface area contributed by atoms with Gasteiger partial charge in [0.1, 0.15) is 8.07 Å². The van der Waals surface area contributed by atoms with Crippen LogP contribution in [0.15, 0.2) is 29.4 Å². The lowest BCUT2D eigenvalue weighted by Gasteiger charge is -2.03. The standard InChI is InChI=1S/C11H13N3Si/c1-15(2,3)9-8-10-4-6-11(7-5-10)13-14-12/h4-7H,1-3H3. The van der Waals surface area contributed by atoms with Crippen molar-refractivity contribution in [1.82, 2.24) is 0 Å². The summed E-state index contributed by atoms with van der Waals surface area (Å²) in [6, 6.07) is 7.29. The van der Waals surface area contributed by atoms with Crippen molar-refractivity contribution in [3.8, 4) is 11.5 Å². The quantitative estimate of drug-likeness (QED) is 0.224. The minimum Gasteiger partial charge on any atom is -0.127 e. The molecule has 0 radical (unpaired) electrons. The average Bonchev–Trinajstić information content (AvgIpc) is 2.16. The second kappa shape index (κ2) is 4.69. The lowest BCUT2D eigenvalue weighted by molar-refractivity contribution is 1.47. The number of rotatable bonds is 1. The van der Waals surface area contributed by atoms with E-state index < -0.39 is 8.07 Å².